The van der Waals surface area contributed by atoms with Gasteiger partial charge in [0.2, 0.25) is 5.91 Å². The highest BCUT2D eigenvalue weighted by molar-refractivity contribution is 7.80. The van der Waals surface area contributed by atoms with E-state index < -0.39 is 28.5 Å². The summed E-state index contributed by atoms with van der Waals surface area (Å²) in [6, 6.07) is 5.24. The Morgan fingerprint density at radius 2 is 2.08 bits per heavy atom. The van der Waals surface area contributed by atoms with Crippen LogP contribution in [0.3, 0.4) is 0 Å². The average molecular weight is 384 g/mol. The van der Waals surface area contributed by atoms with Crippen LogP contribution in [0.5, 0.6) is 0 Å². The van der Waals surface area contributed by atoms with E-state index in [1.807, 2.05) is 37.2 Å². The highest BCUT2D eigenvalue weighted by atomic mass is 32.3. The first kappa shape index (κ1) is 18.4. The molecule has 11 heteroatoms. The van der Waals surface area contributed by atoms with Gasteiger partial charge < -0.3 is 15.1 Å². The average Bonchev–Trinajstić information content (AvgIpc) is 2.78. The maximum atomic E-state index is 12.6. The number of carbonyl (C=O) groups is 2. The SMILES string of the molecule is CN(C)c1cccc(NC(=O)[C@H]2CC[C@H]3CN2C(=O)N3OS(=O)(=O)O)c1. The topological polar surface area (TPSA) is 119 Å². The summed E-state index contributed by atoms with van der Waals surface area (Å²) in [6.07, 6.45) is 0.745. The van der Waals surface area contributed by atoms with Crippen molar-refractivity contribution in [3.63, 3.8) is 0 Å². The Kier molecular flexibility index (Phi) is 4.78. The molecule has 0 saturated carbocycles. The van der Waals surface area contributed by atoms with Crippen LogP contribution in [0.25, 0.3) is 0 Å². The van der Waals surface area contributed by atoms with Crippen molar-refractivity contribution in [2.75, 3.05) is 30.9 Å². The number of benzene rings is 1. The molecule has 0 spiro atoms. The maximum Gasteiger partial charge on any atom is 0.418 e. The highest BCUT2D eigenvalue weighted by Gasteiger charge is 2.49. The fraction of sp³-hybridized carbons (Fsp3) is 0.467. The van der Waals surface area contributed by atoms with Crippen LogP contribution in [-0.4, -0.2) is 67.6 Å². The van der Waals surface area contributed by atoms with Gasteiger partial charge in [-0.3, -0.25) is 9.35 Å². The minimum atomic E-state index is -4.81. The first-order valence-electron chi connectivity index (χ1n) is 8.01. The van der Waals surface area contributed by atoms with Crippen molar-refractivity contribution in [1.82, 2.24) is 9.96 Å². The lowest BCUT2D eigenvalue weighted by Gasteiger charge is -2.29. The lowest BCUT2D eigenvalue weighted by atomic mass is 10.0. The Balaban J connectivity index is 1.72. The number of anilines is 2. The van der Waals surface area contributed by atoms with Gasteiger partial charge >= 0.3 is 16.4 Å². The van der Waals surface area contributed by atoms with E-state index in [1.54, 1.807) is 6.07 Å². The molecule has 0 aromatic heterocycles. The molecule has 2 fully saturated rings. The van der Waals surface area contributed by atoms with Crippen LogP contribution in [0.2, 0.25) is 0 Å². The van der Waals surface area contributed by atoms with Crippen molar-refractivity contribution in [2.24, 2.45) is 0 Å². The lowest BCUT2D eigenvalue weighted by Crippen LogP contribution is -2.47. The van der Waals surface area contributed by atoms with E-state index in [1.165, 1.54) is 4.90 Å². The van der Waals surface area contributed by atoms with Gasteiger partial charge in [0, 0.05) is 32.0 Å². The molecule has 0 radical (unpaired) electrons. The van der Waals surface area contributed by atoms with Gasteiger partial charge in [-0.05, 0) is 31.0 Å². The standard InChI is InChI=1S/C15H20N4O6S/c1-17(2)11-5-3-4-10(8-11)16-14(20)13-7-6-12-9-18(13)15(21)19(12)25-26(22,23)24/h3-5,8,12-13H,6-7,9H2,1-2H3,(H,16,20)(H,22,23,24)/t12-,13+/m0/s1. The van der Waals surface area contributed by atoms with E-state index in [0.29, 0.717) is 23.6 Å². The molecule has 1 aromatic carbocycles. The van der Waals surface area contributed by atoms with Gasteiger partial charge in [0.15, 0.2) is 0 Å². The first-order chi connectivity index (χ1) is 12.2. The Morgan fingerprint density at radius 3 is 2.73 bits per heavy atom. The highest BCUT2D eigenvalue weighted by Crippen LogP contribution is 2.31. The van der Waals surface area contributed by atoms with E-state index in [2.05, 4.69) is 9.60 Å². The molecule has 2 saturated heterocycles. The minimum Gasteiger partial charge on any atom is -0.378 e. The number of hydroxylamine groups is 2. The molecule has 2 atom stereocenters. The zero-order chi connectivity index (χ0) is 19.1. The molecule has 2 N–H and O–H groups in total. The van der Waals surface area contributed by atoms with Crippen LogP contribution >= 0.6 is 0 Å². The predicted octanol–water partition coefficient (Wildman–Crippen LogP) is 0.694. The summed E-state index contributed by atoms with van der Waals surface area (Å²) >= 11 is 0. The van der Waals surface area contributed by atoms with Crippen molar-refractivity contribution in [3.05, 3.63) is 24.3 Å². The van der Waals surface area contributed by atoms with Crippen LogP contribution < -0.4 is 10.2 Å². The van der Waals surface area contributed by atoms with E-state index >= 15 is 0 Å². The largest absolute Gasteiger partial charge is 0.418 e. The van der Waals surface area contributed by atoms with Crippen LogP contribution in [-0.2, 0) is 19.5 Å². The van der Waals surface area contributed by atoms with Crippen molar-refractivity contribution in [2.45, 2.75) is 24.9 Å². The van der Waals surface area contributed by atoms with Gasteiger partial charge in [0.1, 0.15) is 6.04 Å². The summed E-state index contributed by atoms with van der Waals surface area (Å²) in [7, 11) is -1.04. The third-order valence-electron chi connectivity index (χ3n) is 4.43. The van der Waals surface area contributed by atoms with Gasteiger partial charge in [-0.15, -0.1) is 4.28 Å². The zero-order valence-corrected chi connectivity index (χ0v) is 15.1. The van der Waals surface area contributed by atoms with E-state index in [0.717, 1.165) is 5.69 Å². The smallest absolute Gasteiger partial charge is 0.378 e. The molecule has 3 rings (SSSR count). The quantitative estimate of drug-likeness (QED) is 0.717. The Hall–Kier alpha value is -2.37. The number of piperidine rings is 1. The van der Waals surface area contributed by atoms with Gasteiger partial charge in [-0.1, -0.05) is 6.07 Å². The summed E-state index contributed by atoms with van der Waals surface area (Å²) in [5, 5.41) is 3.41. The maximum absolute atomic E-state index is 12.6. The van der Waals surface area contributed by atoms with Crippen molar-refractivity contribution >= 4 is 33.7 Å². The third-order valence-corrected chi connectivity index (χ3v) is 4.78. The van der Waals surface area contributed by atoms with E-state index in [4.69, 9.17) is 4.55 Å². The molecular formula is C15H20N4O6S. The van der Waals surface area contributed by atoms with Gasteiger partial charge in [0.05, 0.1) is 6.04 Å². The molecule has 2 aliphatic rings. The zero-order valence-electron chi connectivity index (χ0n) is 14.3. The molecule has 2 aliphatic heterocycles. The molecule has 3 amide bonds. The van der Waals surface area contributed by atoms with Crippen LogP contribution in [0, 0.1) is 0 Å². The third kappa shape index (κ3) is 3.74. The Morgan fingerprint density at radius 1 is 1.35 bits per heavy atom. The van der Waals surface area contributed by atoms with Gasteiger partial charge in [-0.2, -0.15) is 13.5 Å². The van der Waals surface area contributed by atoms with Crippen LogP contribution in [0.1, 0.15) is 12.8 Å². The molecule has 0 unspecified atom stereocenters. The van der Waals surface area contributed by atoms with Crippen LogP contribution in [0.4, 0.5) is 16.2 Å². The van der Waals surface area contributed by atoms with Crippen molar-refractivity contribution in [3.8, 4) is 0 Å². The molecule has 2 heterocycles. The number of rotatable bonds is 5. The van der Waals surface area contributed by atoms with Crippen LogP contribution in [0.15, 0.2) is 24.3 Å². The second-order valence-corrected chi connectivity index (χ2v) is 7.45. The number of hydrogen-bond donors (Lipinski definition) is 2. The number of hydrogen-bond acceptors (Lipinski definition) is 6. The van der Waals surface area contributed by atoms with Crippen molar-refractivity contribution in [1.29, 1.82) is 0 Å². The molecule has 10 nitrogen and oxygen atoms in total. The first-order valence-corrected chi connectivity index (χ1v) is 9.37. The summed E-state index contributed by atoms with van der Waals surface area (Å²) < 4.78 is 35.0. The normalized spacial score (nSPS) is 22.5. The summed E-state index contributed by atoms with van der Waals surface area (Å²) in [6.45, 7) is 0.157. The Labute approximate surface area is 151 Å². The number of carbonyl (C=O) groups excluding carboxylic acids is 2. The number of amides is 3. The Bertz CT molecular complexity index is 827. The molecule has 26 heavy (non-hydrogen) atoms. The summed E-state index contributed by atoms with van der Waals surface area (Å²) in [4.78, 5) is 28.1. The van der Waals surface area contributed by atoms with E-state index in [9.17, 15) is 18.0 Å². The minimum absolute atomic E-state index is 0.157. The number of fused-ring (bicyclic) bond motifs is 2. The van der Waals surface area contributed by atoms with Crippen molar-refractivity contribution < 1.29 is 26.8 Å². The second kappa shape index (κ2) is 6.74. The van der Waals surface area contributed by atoms with E-state index in [-0.39, 0.29) is 12.5 Å². The molecule has 0 aliphatic carbocycles. The fourth-order valence-electron chi connectivity index (χ4n) is 3.19. The monoisotopic (exact) mass is 384 g/mol. The number of nitrogens with one attached hydrogen (secondary N) is 1. The fourth-order valence-corrected chi connectivity index (χ4v) is 3.58. The molecule has 142 valence electrons. The molecule has 2 bridgehead atoms. The summed E-state index contributed by atoms with van der Waals surface area (Å²) in [5.41, 5.74) is 1.51. The van der Waals surface area contributed by atoms with Gasteiger partial charge in [0.25, 0.3) is 0 Å². The molecular weight excluding hydrogens is 364 g/mol. The number of nitrogens with zero attached hydrogens (tertiary/aromatic N) is 3. The van der Waals surface area contributed by atoms with Gasteiger partial charge in [-0.25, -0.2) is 4.79 Å². The second-order valence-electron chi connectivity index (χ2n) is 6.44. The summed E-state index contributed by atoms with van der Waals surface area (Å²) in [5.74, 6) is -0.360. The lowest BCUT2D eigenvalue weighted by molar-refractivity contribution is -0.120. The number of urea groups is 1. The molecule has 1 aromatic rings. The predicted molar refractivity (Wildman–Crippen MR) is 92.8 cm³/mol.